The summed E-state index contributed by atoms with van der Waals surface area (Å²) in [6.07, 6.45) is 0. The highest BCUT2D eigenvalue weighted by atomic mass is 79.9. The van der Waals surface area contributed by atoms with Gasteiger partial charge in [0.1, 0.15) is 4.60 Å². The van der Waals surface area contributed by atoms with Crippen molar-refractivity contribution >= 4 is 27.5 Å². The van der Waals surface area contributed by atoms with Crippen molar-refractivity contribution in [2.75, 3.05) is 12.4 Å². The van der Waals surface area contributed by atoms with Crippen LogP contribution in [0.5, 0.6) is 0 Å². The second kappa shape index (κ2) is 6.52. The van der Waals surface area contributed by atoms with Gasteiger partial charge in [-0.15, -0.1) is 0 Å². The van der Waals surface area contributed by atoms with Gasteiger partial charge in [0.25, 0.3) is 5.91 Å². The van der Waals surface area contributed by atoms with Crippen molar-refractivity contribution in [2.45, 2.75) is 13.5 Å². The number of anilines is 1. The quantitative estimate of drug-likeness (QED) is 0.845. The first-order chi connectivity index (χ1) is 9.61. The number of nitrogens with one attached hydrogen (secondary N) is 2. The number of amides is 1. The van der Waals surface area contributed by atoms with E-state index >= 15 is 0 Å². The van der Waals surface area contributed by atoms with Crippen LogP contribution in [0, 0.1) is 6.92 Å². The molecule has 5 heteroatoms. The van der Waals surface area contributed by atoms with E-state index in [1.54, 1.807) is 7.05 Å². The maximum atomic E-state index is 11.7. The molecule has 0 aliphatic heterocycles. The number of rotatable bonds is 4. The molecule has 1 amide bonds. The van der Waals surface area contributed by atoms with Crippen molar-refractivity contribution in [2.24, 2.45) is 0 Å². The first-order valence-corrected chi connectivity index (χ1v) is 7.08. The maximum Gasteiger partial charge on any atom is 0.251 e. The van der Waals surface area contributed by atoms with Gasteiger partial charge in [-0.2, -0.15) is 0 Å². The van der Waals surface area contributed by atoms with Crippen molar-refractivity contribution < 1.29 is 4.79 Å². The topological polar surface area (TPSA) is 54.0 Å². The molecule has 0 unspecified atom stereocenters. The zero-order chi connectivity index (χ0) is 14.5. The van der Waals surface area contributed by atoms with Gasteiger partial charge in [0.05, 0.1) is 12.2 Å². The third-order valence-electron chi connectivity index (χ3n) is 3.04. The summed E-state index contributed by atoms with van der Waals surface area (Å²) in [5, 5.41) is 5.96. The van der Waals surface area contributed by atoms with Crippen molar-refractivity contribution in [3.8, 4) is 0 Å². The summed E-state index contributed by atoms with van der Waals surface area (Å²) in [6.45, 7) is 2.54. The molecule has 2 N–H and O–H groups in total. The van der Waals surface area contributed by atoms with Crippen LogP contribution in [-0.2, 0) is 6.54 Å². The number of aromatic nitrogens is 1. The number of halogens is 1. The van der Waals surface area contributed by atoms with Crippen LogP contribution in [0.1, 0.15) is 21.6 Å². The monoisotopic (exact) mass is 333 g/mol. The van der Waals surface area contributed by atoms with E-state index in [-0.39, 0.29) is 5.91 Å². The van der Waals surface area contributed by atoms with Crippen LogP contribution < -0.4 is 10.6 Å². The molecule has 0 bridgehead atoms. The molecule has 2 aromatic rings. The summed E-state index contributed by atoms with van der Waals surface area (Å²) in [5.41, 5.74) is 3.48. The second-order valence-electron chi connectivity index (χ2n) is 4.36. The summed E-state index contributed by atoms with van der Waals surface area (Å²) < 4.78 is 0.813. The average Bonchev–Trinajstić information content (AvgIpc) is 2.45. The lowest BCUT2D eigenvalue weighted by atomic mass is 10.1. The van der Waals surface area contributed by atoms with Crippen molar-refractivity contribution in [3.05, 3.63) is 57.8 Å². The van der Waals surface area contributed by atoms with Crippen LogP contribution in [-0.4, -0.2) is 17.9 Å². The first-order valence-electron chi connectivity index (χ1n) is 6.29. The van der Waals surface area contributed by atoms with Crippen LogP contribution in [0.25, 0.3) is 0 Å². The van der Waals surface area contributed by atoms with E-state index in [4.69, 9.17) is 0 Å². The molecular weight excluding hydrogens is 318 g/mol. The van der Waals surface area contributed by atoms with Gasteiger partial charge in [-0.3, -0.25) is 4.79 Å². The predicted octanol–water partition coefficient (Wildman–Crippen LogP) is 3.12. The fourth-order valence-electron chi connectivity index (χ4n) is 1.94. The molecule has 0 radical (unpaired) electrons. The van der Waals surface area contributed by atoms with Crippen LogP contribution in [0.3, 0.4) is 0 Å². The number of pyridine rings is 1. The standard InChI is InChI=1S/C15H16BrN3O/c1-10-12(15(20)17-2)6-4-7-13(10)18-9-11-5-3-8-14(16)19-11/h3-8,18H,9H2,1-2H3,(H,17,20). The molecule has 4 nitrogen and oxygen atoms in total. The third kappa shape index (κ3) is 3.36. The maximum absolute atomic E-state index is 11.7. The molecule has 0 spiro atoms. The lowest BCUT2D eigenvalue weighted by molar-refractivity contribution is 0.0962. The Morgan fingerprint density at radius 1 is 1.25 bits per heavy atom. The van der Waals surface area contributed by atoms with Gasteiger partial charge in [-0.25, -0.2) is 4.98 Å². The Kier molecular flexibility index (Phi) is 4.74. The Morgan fingerprint density at radius 2 is 2.00 bits per heavy atom. The minimum absolute atomic E-state index is 0.0771. The highest BCUT2D eigenvalue weighted by Gasteiger charge is 2.09. The van der Waals surface area contributed by atoms with Gasteiger partial charge in [0.2, 0.25) is 0 Å². The SMILES string of the molecule is CNC(=O)c1cccc(NCc2cccc(Br)n2)c1C. The Balaban J connectivity index is 2.16. The van der Waals surface area contributed by atoms with Gasteiger partial charge < -0.3 is 10.6 Å². The molecule has 0 atom stereocenters. The zero-order valence-corrected chi connectivity index (χ0v) is 13.0. The van der Waals surface area contributed by atoms with Crippen molar-refractivity contribution in [1.29, 1.82) is 0 Å². The molecule has 1 aromatic carbocycles. The van der Waals surface area contributed by atoms with E-state index in [9.17, 15) is 4.79 Å². The fraction of sp³-hybridized carbons (Fsp3) is 0.200. The van der Waals surface area contributed by atoms with Crippen LogP contribution in [0.15, 0.2) is 41.0 Å². The Bertz CT molecular complexity index is 628. The molecule has 0 saturated heterocycles. The summed E-state index contributed by atoms with van der Waals surface area (Å²) in [5.74, 6) is -0.0771. The summed E-state index contributed by atoms with van der Waals surface area (Å²) in [6, 6.07) is 11.4. The Hall–Kier alpha value is -1.88. The molecule has 20 heavy (non-hydrogen) atoms. The minimum atomic E-state index is -0.0771. The molecule has 0 aliphatic carbocycles. The third-order valence-corrected chi connectivity index (χ3v) is 3.48. The molecule has 2 rings (SSSR count). The molecule has 0 aliphatic rings. The van der Waals surface area contributed by atoms with E-state index in [2.05, 4.69) is 31.5 Å². The minimum Gasteiger partial charge on any atom is -0.379 e. The lowest BCUT2D eigenvalue weighted by Crippen LogP contribution is -2.19. The van der Waals surface area contributed by atoms with Crippen molar-refractivity contribution in [3.63, 3.8) is 0 Å². The van der Waals surface area contributed by atoms with E-state index in [0.29, 0.717) is 12.1 Å². The molecule has 0 fully saturated rings. The number of benzene rings is 1. The largest absolute Gasteiger partial charge is 0.379 e. The molecule has 0 saturated carbocycles. The highest BCUT2D eigenvalue weighted by molar-refractivity contribution is 9.10. The van der Waals surface area contributed by atoms with Gasteiger partial charge in [-0.05, 0) is 52.7 Å². The van der Waals surface area contributed by atoms with Crippen LogP contribution in [0.2, 0.25) is 0 Å². The molecule has 1 heterocycles. The number of hydrogen-bond donors (Lipinski definition) is 2. The van der Waals surface area contributed by atoms with E-state index in [1.165, 1.54) is 0 Å². The number of hydrogen-bond acceptors (Lipinski definition) is 3. The van der Waals surface area contributed by atoms with Crippen LogP contribution >= 0.6 is 15.9 Å². The normalized spacial score (nSPS) is 10.2. The van der Waals surface area contributed by atoms with Gasteiger partial charge in [0.15, 0.2) is 0 Å². The van der Waals surface area contributed by atoms with E-state index < -0.39 is 0 Å². The average molecular weight is 334 g/mol. The molecular formula is C15H16BrN3O. The lowest BCUT2D eigenvalue weighted by Gasteiger charge is -2.12. The highest BCUT2D eigenvalue weighted by Crippen LogP contribution is 2.19. The van der Waals surface area contributed by atoms with Gasteiger partial charge in [-0.1, -0.05) is 12.1 Å². The van der Waals surface area contributed by atoms with Crippen molar-refractivity contribution in [1.82, 2.24) is 10.3 Å². The summed E-state index contributed by atoms with van der Waals surface area (Å²) >= 11 is 3.35. The predicted molar refractivity (Wildman–Crippen MR) is 83.8 cm³/mol. The Morgan fingerprint density at radius 3 is 2.70 bits per heavy atom. The van der Waals surface area contributed by atoms with E-state index in [1.807, 2.05) is 43.3 Å². The molecule has 104 valence electrons. The number of carbonyl (C=O) groups excluding carboxylic acids is 1. The zero-order valence-electron chi connectivity index (χ0n) is 11.4. The first kappa shape index (κ1) is 14.5. The van der Waals surface area contributed by atoms with Gasteiger partial charge >= 0.3 is 0 Å². The number of carbonyl (C=O) groups is 1. The second-order valence-corrected chi connectivity index (χ2v) is 5.17. The summed E-state index contributed by atoms with van der Waals surface area (Å²) in [4.78, 5) is 16.1. The van der Waals surface area contributed by atoms with Crippen LogP contribution in [0.4, 0.5) is 5.69 Å². The summed E-state index contributed by atoms with van der Waals surface area (Å²) in [7, 11) is 1.63. The smallest absolute Gasteiger partial charge is 0.251 e. The van der Waals surface area contributed by atoms with Gasteiger partial charge in [0, 0.05) is 18.3 Å². The number of nitrogens with zero attached hydrogens (tertiary/aromatic N) is 1. The molecule has 1 aromatic heterocycles. The van der Waals surface area contributed by atoms with E-state index in [0.717, 1.165) is 21.5 Å². The Labute approximate surface area is 126 Å². The fourth-order valence-corrected chi connectivity index (χ4v) is 2.32.